The Labute approximate surface area is 143 Å². The lowest BCUT2D eigenvalue weighted by molar-refractivity contribution is 0.282. The normalized spacial score (nSPS) is 18.5. The molecule has 0 unspecified atom stereocenters. The smallest absolute Gasteiger partial charge is 0.162 e. The lowest BCUT2D eigenvalue weighted by Gasteiger charge is -2.42. The molecule has 126 valence electrons. The number of methoxy groups -OCH3 is 1. The molecule has 1 saturated carbocycles. The number of nitrogens with zero attached hydrogens (tertiary/aromatic N) is 1. The van der Waals surface area contributed by atoms with E-state index in [0.717, 1.165) is 42.3 Å². The minimum atomic E-state index is -0.00915. The van der Waals surface area contributed by atoms with E-state index in [1.165, 1.54) is 5.69 Å². The summed E-state index contributed by atoms with van der Waals surface area (Å²) in [5.74, 6) is 1.64. The summed E-state index contributed by atoms with van der Waals surface area (Å²) in [4.78, 5) is 2.34. The summed E-state index contributed by atoms with van der Waals surface area (Å²) in [6.07, 6.45) is 2.65. The molecule has 1 heterocycles. The number of anilines is 3. The van der Waals surface area contributed by atoms with Crippen LogP contribution in [0.1, 0.15) is 26.7 Å². The van der Waals surface area contributed by atoms with Crippen molar-refractivity contribution < 1.29 is 9.47 Å². The van der Waals surface area contributed by atoms with E-state index in [2.05, 4.69) is 60.5 Å². The van der Waals surface area contributed by atoms with Gasteiger partial charge in [0.2, 0.25) is 0 Å². The fourth-order valence-electron chi connectivity index (χ4n) is 3.22. The van der Waals surface area contributed by atoms with Gasteiger partial charge in [-0.25, -0.2) is 0 Å². The first-order chi connectivity index (χ1) is 11.6. The number of para-hydroxylation sites is 2. The van der Waals surface area contributed by atoms with Crippen molar-refractivity contribution in [1.82, 2.24) is 0 Å². The van der Waals surface area contributed by atoms with Gasteiger partial charge < -0.3 is 19.7 Å². The fourth-order valence-corrected chi connectivity index (χ4v) is 3.22. The van der Waals surface area contributed by atoms with Gasteiger partial charge >= 0.3 is 0 Å². The number of fused-ring (bicyclic) bond motifs is 1. The summed E-state index contributed by atoms with van der Waals surface area (Å²) in [5.41, 5.74) is 3.46. The van der Waals surface area contributed by atoms with Crippen LogP contribution in [0, 0.1) is 0 Å². The van der Waals surface area contributed by atoms with Crippen LogP contribution in [0.4, 0.5) is 17.1 Å². The van der Waals surface area contributed by atoms with Gasteiger partial charge in [-0.2, -0.15) is 0 Å². The molecule has 2 aliphatic rings. The lowest BCUT2D eigenvalue weighted by atomic mass is 9.98. The van der Waals surface area contributed by atoms with E-state index >= 15 is 0 Å². The highest BCUT2D eigenvalue weighted by atomic mass is 16.5. The highest BCUT2D eigenvalue weighted by Gasteiger charge is 2.31. The predicted molar refractivity (Wildman–Crippen MR) is 97.8 cm³/mol. The van der Waals surface area contributed by atoms with E-state index in [-0.39, 0.29) is 5.54 Å². The van der Waals surface area contributed by atoms with E-state index < -0.39 is 0 Å². The summed E-state index contributed by atoms with van der Waals surface area (Å²) in [6.45, 7) is 5.32. The monoisotopic (exact) mass is 324 g/mol. The van der Waals surface area contributed by atoms with Crippen LogP contribution in [0.25, 0.3) is 0 Å². The summed E-state index contributed by atoms with van der Waals surface area (Å²) in [6, 6.07) is 14.7. The molecule has 4 heteroatoms. The molecule has 1 N–H and O–H groups in total. The molecule has 0 amide bonds. The number of rotatable bonds is 4. The number of nitrogens with one attached hydrogen (secondary N) is 1. The van der Waals surface area contributed by atoms with Gasteiger partial charge in [0.1, 0.15) is 0 Å². The summed E-state index contributed by atoms with van der Waals surface area (Å²) >= 11 is 0. The molecule has 1 aliphatic carbocycles. The van der Waals surface area contributed by atoms with Crippen LogP contribution >= 0.6 is 0 Å². The Morgan fingerprint density at radius 3 is 2.62 bits per heavy atom. The van der Waals surface area contributed by atoms with Crippen LogP contribution in [0.5, 0.6) is 11.5 Å². The van der Waals surface area contributed by atoms with Gasteiger partial charge in [0, 0.05) is 23.8 Å². The maximum Gasteiger partial charge on any atom is 0.162 e. The molecule has 4 rings (SSSR count). The molecule has 0 radical (unpaired) electrons. The third kappa shape index (κ3) is 2.88. The Morgan fingerprint density at radius 1 is 1.08 bits per heavy atom. The first-order valence-corrected chi connectivity index (χ1v) is 8.55. The van der Waals surface area contributed by atoms with Crippen LogP contribution in [-0.2, 0) is 0 Å². The molecule has 2 aromatic carbocycles. The number of hydrogen-bond donors (Lipinski definition) is 1. The van der Waals surface area contributed by atoms with Crippen LogP contribution in [-0.4, -0.2) is 25.3 Å². The highest BCUT2D eigenvalue weighted by Crippen LogP contribution is 2.42. The van der Waals surface area contributed by atoms with Gasteiger partial charge in [-0.15, -0.1) is 0 Å². The third-order valence-corrected chi connectivity index (χ3v) is 4.50. The molecule has 1 aliphatic heterocycles. The minimum Gasteiger partial charge on any atom is -0.493 e. The molecule has 1 fully saturated rings. The molecule has 0 spiro atoms. The van der Waals surface area contributed by atoms with Crippen LogP contribution in [0.2, 0.25) is 0 Å². The van der Waals surface area contributed by atoms with Crippen molar-refractivity contribution in [3.8, 4) is 11.5 Å². The maximum atomic E-state index is 5.94. The van der Waals surface area contributed by atoms with Crippen LogP contribution in [0.15, 0.2) is 42.5 Å². The van der Waals surface area contributed by atoms with Crippen molar-refractivity contribution in [1.29, 1.82) is 0 Å². The summed E-state index contributed by atoms with van der Waals surface area (Å²) < 4.78 is 11.5. The van der Waals surface area contributed by atoms with E-state index in [0.29, 0.717) is 6.10 Å². The standard InChI is InChI=1S/C20H24N2O2/c1-20(2)13-22(17-7-5-4-6-16(17)21-20)14-8-11-18(19(12-14)23-3)24-15-9-10-15/h4-8,11-12,15,21H,9-10,13H2,1-3H3. The molecule has 24 heavy (non-hydrogen) atoms. The van der Waals surface area contributed by atoms with E-state index in [1.54, 1.807) is 7.11 Å². The molecule has 0 saturated heterocycles. The molecule has 2 aromatic rings. The fraction of sp³-hybridized carbons (Fsp3) is 0.400. The van der Waals surface area contributed by atoms with Crippen LogP contribution < -0.4 is 19.7 Å². The number of ether oxygens (including phenoxy) is 2. The van der Waals surface area contributed by atoms with Gasteiger partial charge in [0.05, 0.1) is 24.6 Å². The Bertz CT molecular complexity index is 753. The van der Waals surface area contributed by atoms with Crippen LogP contribution in [0.3, 0.4) is 0 Å². The summed E-state index contributed by atoms with van der Waals surface area (Å²) in [5, 5.41) is 3.61. The number of benzene rings is 2. The zero-order valence-corrected chi connectivity index (χ0v) is 14.5. The highest BCUT2D eigenvalue weighted by molar-refractivity contribution is 5.80. The van der Waals surface area contributed by atoms with Gasteiger partial charge in [-0.05, 0) is 51.0 Å². The van der Waals surface area contributed by atoms with Crippen molar-refractivity contribution in [2.45, 2.75) is 38.3 Å². The third-order valence-electron chi connectivity index (χ3n) is 4.50. The van der Waals surface area contributed by atoms with Crippen molar-refractivity contribution in [2.24, 2.45) is 0 Å². The van der Waals surface area contributed by atoms with Crippen molar-refractivity contribution >= 4 is 17.1 Å². The molecular weight excluding hydrogens is 300 g/mol. The Hall–Kier alpha value is -2.36. The predicted octanol–water partition coefficient (Wildman–Crippen LogP) is 4.58. The van der Waals surface area contributed by atoms with Crippen molar-refractivity contribution in [2.75, 3.05) is 23.9 Å². The second-order valence-corrected chi connectivity index (χ2v) is 7.26. The van der Waals surface area contributed by atoms with Crippen molar-refractivity contribution in [3.05, 3.63) is 42.5 Å². The maximum absolute atomic E-state index is 5.94. The molecule has 0 bridgehead atoms. The quantitative estimate of drug-likeness (QED) is 0.892. The second kappa shape index (κ2) is 5.62. The number of hydrogen-bond acceptors (Lipinski definition) is 4. The van der Waals surface area contributed by atoms with Crippen molar-refractivity contribution in [3.63, 3.8) is 0 Å². The average molecular weight is 324 g/mol. The average Bonchev–Trinajstić information content (AvgIpc) is 3.37. The van der Waals surface area contributed by atoms with Gasteiger partial charge in [-0.1, -0.05) is 12.1 Å². The van der Waals surface area contributed by atoms with E-state index in [1.807, 2.05) is 6.07 Å². The summed E-state index contributed by atoms with van der Waals surface area (Å²) in [7, 11) is 1.70. The first kappa shape index (κ1) is 15.2. The second-order valence-electron chi connectivity index (χ2n) is 7.26. The molecular formula is C20H24N2O2. The molecule has 4 nitrogen and oxygen atoms in total. The first-order valence-electron chi connectivity index (χ1n) is 8.55. The van der Waals surface area contributed by atoms with Gasteiger partial charge in [0.15, 0.2) is 11.5 Å². The minimum absolute atomic E-state index is 0.00915. The lowest BCUT2D eigenvalue weighted by Crippen LogP contribution is -2.46. The van der Waals surface area contributed by atoms with E-state index in [9.17, 15) is 0 Å². The largest absolute Gasteiger partial charge is 0.493 e. The van der Waals surface area contributed by atoms with E-state index in [4.69, 9.17) is 9.47 Å². The van der Waals surface area contributed by atoms with Gasteiger partial charge in [0.25, 0.3) is 0 Å². The molecule has 0 aromatic heterocycles. The molecule has 0 atom stereocenters. The van der Waals surface area contributed by atoms with Gasteiger partial charge in [-0.3, -0.25) is 0 Å². The Kier molecular flexibility index (Phi) is 3.56. The SMILES string of the molecule is COc1cc(N2CC(C)(C)Nc3ccccc32)ccc1OC1CC1. The zero-order chi connectivity index (χ0) is 16.7. The Morgan fingerprint density at radius 2 is 1.88 bits per heavy atom. The topological polar surface area (TPSA) is 33.7 Å². The Balaban J connectivity index is 1.72. The zero-order valence-electron chi connectivity index (χ0n) is 14.5.